The number of aromatic hydroxyl groups is 1. The van der Waals surface area contributed by atoms with Gasteiger partial charge in [0.25, 0.3) is 10.0 Å². The SMILES string of the molecule is O=C(C[n+]1ccccc1)N(NS(=O)(=O)c1ccccc1)c1cc(O)ccc1Cl. The van der Waals surface area contributed by atoms with Crippen LogP contribution in [-0.2, 0) is 21.4 Å². The van der Waals surface area contributed by atoms with Crippen LogP contribution in [0.25, 0.3) is 0 Å². The summed E-state index contributed by atoms with van der Waals surface area (Å²) in [7, 11) is -4.07. The van der Waals surface area contributed by atoms with Gasteiger partial charge in [-0.3, -0.25) is 4.79 Å². The molecule has 1 amide bonds. The van der Waals surface area contributed by atoms with Gasteiger partial charge >= 0.3 is 5.91 Å². The molecule has 1 heterocycles. The molecule has 0 aliphatic heterocycles. The van der Waals surface area contributed by atoms with Crippen molar-refractivity contribution >= 4 is 33.2 Å². The van der Waals surface area contributed by atoms with Crippen LogP contribution < -0.4 is 14.4 Å². The fourth-order valence-electron chi connectivity index (χ4n) is 2.45. The molecular formula is C19H17ClN3O4S+. The number of anilines is 1. The summed E-state index contributed by atoms with van der Waals surface area (Å²) < 4.78 is 27.1. The zero-order valence-corrected chi connectivity index (χ0v) is 16.1. The lowest BCUT2D eigenvalue weighted by atomic mass is 10.3. The highest BCUT2D eigenvalue weighted by atomic mass is 35.5. The lowest BCUT2D eigenvalue weighted by Gasteiger charge is -2.23. The van der Waals surface area contributed by atoms with Gasteiger partial charge in [-0.25, -0.2) is 13.4 Å². The number of aromatic nitrogens is 1. The molecular weight excluding hydrogens is 402 g/mol. The van der Waals surface area contributed by atoms with Crippen molar-refractivity contribution < 1.29 is 22.9 Å². The molecule has 0 bridgehead atoms. The first-order valence-corrected chi connectivity index (χ1v) is 10.1. The molecule has 28 heavy (non-hydrogen) atoms. The van der Waals surface area contributed by atoms with Gasteiger partial charge in [-0.05, 0) is 24.3 Å². The van der Waals surface area contributed by atoms with Gasteiger partial charge < -0.3 is 5.11 Å². The number of phenols is 1. The Morgan fingerprint density at radius 3 is 2.36 bits per heavy atom. The second-order valence-electron chi connectivity index (χ2n) is 5.82. The maximum atomic E-state index is 12.9. The third-order valence-electron chi connectivity index (χ3n) is 3.78. The summed E-state index contributed by atoms with van der Waals surface area (Å²) in [6.45, 7) is -0.149. The number of nitrogens with zero attached hydrogens (tertiary/aromatic N) is 2. The molecule has 1 aromatic heterocycles. The number of rotatable bonds is 6. The highest BCUT2D eigenvalue weighted by Gasteiger charge is 2.28. The molecule has 0 spiro atoms. The van der Waals surface area contributed by atoms with Crippen molar-refractivity contribution in [3.63, 3.8) is 0 Å². The van der Waals surface area contributed by atoms with E-state index in [9.17, 15) is 18.3 Å². The van der Waals surface area contributed by atoms with Gasteiger partial charge in [0.05, 0.1) is 15.6 Å². The first-order valence-electron chi connectivity index (χ1n) is 8.20. The molecule has 2 N–H and O–H groups in total. The van der Waals surface area contributed by atoms with Crippen molar-refractivity contribution in [3.05, 3.63) is 84.1 Å². The van der Waals surface area contributed by atoms with Crippen LogP contribution in [-0.4, -0.2) is 19.4 Å². The number of carbonyl (C=O) groups is 1. The van der Waals surface area contributed by atoms with E-state index < -0.39 is 15.9 Å². The summed E-state index contributed by atoms with van der Waals surface area (Å²) in [6.07, 6.45) is 3.34. The molecule has 144 valence electrons. The highest BCUT2D eigenvalue weighted by molar-refractivity contribution is 7.89. The minimum Gasteiger partial charge on any atom is -0.508 e. The molecule has 2 aromatic carbocycles. The number of carbonyl (C=O) groups excluding carboxylic acids is 1. The van der Waals surface area contributed by atoms with Crippen LogP contribution in [0.15, 0.2) is 84.0 Å². The molecule has 7 nitrogen and oxygen atoms in total. The molecule has 0 fully saturated rings. The van der Waals surface area contributed by atoms with Crippen molar-refractivity contribution in [1.82, 2.24) is 4.83 Å². The van der Waals surface area contributed by atoms with Gasteiger partial charge in [-0.1, -0.05) is 35.9 Å². The van der Waals surface area contributed by atoms with E-state index in [1.165, 1.54) is 30.3 Å². The van der Waals surface area contributed by atoms with E-state index in [0.717, 1.165) is 5.01 Å². The van der Waals surface area contributed by atoms with Gasteiger partial charge in [0.2, 0.25) is 6.54 Å². The maximum absolute atomic E-state index is 12.9. The number of hydrazine groups is 1. The van der Waals surface area contributed by atoms with Gasteiger partial charge in [0, 0.05) is 18.2 Å². The number of benzene rings is 2. The first kappa shape index (κ1) is 19.8. The predicted molar refractivity (Wildman–Crippen MR) is 104 cm³/mol. The summed E-state index contributed by atoms with van der Waals surface area (Å²) in [5.74, 6) is -0.758. The van der Waals surface area contributed by atoms with Crippen LogP contribution in [0.2, 0.25) is 5.02 Å². The van der Waals surface area contributed by atoms with Crippen LogP contribution in [0.1, 0.15) is 0 Å². The lowest BCUT2D eigenvalue weighted by molar-refractivity contribution is -0.684. The van der Waals surface area contributed by atoms with Crippen LogP contribution in [0.3, 0.4) is 0 Å². The Morgan fingerprint density at radius 2 is 1.68 bits per heavy atom. The molecule has 0 aliphatic carbocycles. The molecule has 0 atom stereocenters. The number of sulfonamides is 1. The van der Waals surface area contributed by atoms with Gasteiger partial charge in [0.15, 0.2) is 12.4 Å². The van der Waals surface area contributed by atoms with Gasteiger partial charge in [0.1, 0.15) is 5.75 Å². The number of hydrogen-bond donors (Lipinski definition) is 2. The monoisotopic (exact) mass is 418 g/mol. The molecule has 3 rings (SSSR count). The van der Waals surface area contributed by atoms with Crippen molar-refractivity contribution in [3.8, 4) is 5.75 Å². The van der Waals surface area contributed by atoms with Crippen LogP contribution in [0.5, 0.6) is 5.75 Å². The van der Waals surface area contributed by atoms with E-state index in [-0.39, 0.29) is 27.9 Å². The zero-order chi connectivity index (χ0) is 20.1. The second kappa shape index (κ2) is 8.39. The lowest BCUT2D eigenvalue weighted by Crippen LogP contribution is -2.52. The third kappa shape index (κ3) is 4.66. The average Bonchev–Trinajstić information content (AvgIpc) is 2.69. The zero-order valence-electron chi connectivity index (χ0n) is 14.6. The fraction of sp³-hybridized carbons (Fsp3) is 0.0526. The summed E-state index contributed by atoms with van der Waals surface area (Å²) >= 11 is 6.17. The quantitative estimate of drug-likeness (QED) is 0.474. The Balaban J connectivity index is 1.99. The van der Waals surface area contributed by atoms with Crippen LogP contribution >= 0.6 is 11.6 Å². The van der Waals surface area contributed by atoms with Gasteiger partial charge in [-0.2, -0.15) is 4.57 Å². The van der Waals surface area contributed by atoms with E-state index in [1.54, 1.807) is 53.4 Å². The number of halogens is 1. The summed E-state index contributed by atoms with van der Waals surface area (Å²) in [4.78, 5) is 15.2. The molecule has 0 radical (unpaired) electrons. The molecule has 0 aliphatic rings. The molecule has 0 unspecified atom stereocenters. The Labute approximate surface area is 167 Å². The number of hydrogen-bond acceptors (Lipinski definition) is 4. The van der Waals surface area contributed by atoms with Crippen molar-refractivity contribution in [1.29, 1.82) is 0 Å². The smallest absolute Gasteiger partial charge is 0.308 e. The van der Waals surface area contributed by atoms with E-state index in [0.29, 0.717) is 0 Å². The summed E-state index contributed by atoms with van der Waals surface area (Å²) in [5, 5.41) is 10.7. The third-order valence-corrected chi connectivity index (χ3v) is 5.42. The fourth-order valence-corrected chi connectivity index (χ4v) is 3.71. The minimum absolute atomic E-state index is 0.0164. The second-order valence-corrected chi connectivity index (χ2v) is 7.89. The minimum atomic E-state index is -4.07. The molecule has 0 saturated heterocycles. The van der Waals surface area contributed by atoms with Gasteiger partial charge in [-0.15, -0.1) is 4.83 Å². The number of amides is 1. The van der Waals surface area contributed by atoms with E-state index in [4.69, 9.17) is 11.6 Å². The van der Waals surface area contributed by atoms with E-state index in [2.05, 4.69) is 4.83 Å². The molecule has 9 heteroatoms. The van der Waals surface area contributed by atoms with Crippen LogP contribution in [0, 0.1) is 0 Å². The summed E-state index contributed by atoms with van der Waals surface area (Å²) in [6, 6.07) is 16.8. The predicted octanol–water partition coefficient (Wildman–Crippen LogP) is 2.26. The normalized spacial score (nSPS) is 11.2. The first-order chi connectivity index (χ1) is 13.4. The standard InChI is InChI=1S/C19H16ClN3O4S/c20-17-10-9-15(24)13-18(17)23(19(25)14-22-11-5-2-6-12-22)21-28(26,27)16-7-3-1-4-8-16/h1-13,21H,14H2/p+1. The number of pyridine rings is 1. The Morgan fingerprint density at radius 1 is 1.04 bits per heavy atom. The van der Waals surface area contributed by atoms with Crippen molar-refractivity contribution in [2.45, 2.75) is 11.4 Å². The van der Waals surface area contributed by atoms with Crippen LogP contribution in [0.4, 0.5) is 5.69 Å². The van der Waals surface area contributed by atoms with Crippen molar-refractivity contribution in [2.24, 2.45) is 0 Å². The number of phenolic OH excluding ortho intramolecular Hbond substituents is 1. The average molecular weight is 419 g/mol. The van der Waals surface area contributed by atoms with E-state index in [1.807, 2.05) is 0 Å². The number of nitrogens with one attached hydrogen (secondary N) is 1. The van der Waals surface area contributed by atoms with E-state index >= 15 is 0 Å². The molecule has 0 saturated carbocycles. The topological polar surface area (TPSA) is 90.6 Å². The largest absolute Gasteiger partial charge is 0.508 e. The summed E-state index contributed by atoms with van der Waals surface area (Å²) in [5.41, 5.74) is 0.0164. The highest BCUT2D eigenvalue weighted by Crippen LogP contribution is 2.29. The van der Waals surface area contributed by atoms with Crippen molar-refractivity contribution in [2.75, 3.05) is 5.01 Å². The Kier molecular flexibility index (Phi) is 5.93. The molecule has 3 aromatic rings. The Bertz CT molecular complexity index is 1080. The maximum Gasteiger partial charge on any atom is 0.308 e. The Hall–Kier alpha value is -2.94.